The maximum atomic E-state index is 5.84. The summed E-state index contributed by atoms with van der Waals surface area (Å²) in [5, 5.41) is 8.36. The van der Waals surface area contributed by atoms with Crippen molar-refractivity contribution in [1.29, 1.82) is 0 Å². The van der Waals surface area contributed by atoms with Crippen LogP contribution < -0.4 is 0 Å². The van der Waals surface area contributed by atoms with Crippen LogP contribution in [0.1, 0.15) is 43.9 Å². The number of alkyl halides is 1. The van der Waals surface area contributed by atoms with Crippen molar-refractivity contribution in [3.05, 3.63) is 11.6 Å². The van der Waals surface area contributed by atoms with E-state index in [1.54, 1.807) is 0 Å². The lowest BCUT2D eigenvalue weighted by Crippen LogP contribution is -2.13. The van der Waals surface area contributed by atoms with E-state index in [2.05, 4.69) is 28.6 Å². The Hall–Kier alpha value is -0.610. The summed E-state index contributed by atoms with van der Waals surface area (Å²) in [6, 6.07) is 0.351. The molecule has 1 fully saturated rings. The first kappa shape index (κ1) is 10.9. The standard InChI is InChI=1S/C10H16ClN3O/c1-7(2)14-9(5-11)12-13-10(14)8-3-4-15-6-8/h7-8H,3-6H2,1-2H3. The van der Waals surface area contributed by atoms with Crippen LogP contribution in [-0.2, 0) is 10.6 Å². The molecule has 5 heteroatoms. The van der Waals surface area contributed by atoms with Gasteiger partial charge in [-0.25, -0.2) is 0 Å². The second kappa shape index (κ2) is 4.49. The number of hydrogen-bond donors (Lipinski definition) is 0. The van der Waals surface area contributed by atoms with Gasteiger partial charge in [0.2, 0.25) is 0 Å². The fourth-order valence-corrected chi connectivity index (χ4v) is 2.19. The summed E-state index contributed by atoms with van der Waals surface area (Å²) in [4.78, 5) is 0. The first-order valence-electron chi connectivity index (χ1n) is 5.31. The molecule has 1 aromatic heterocycles. The van der Waals surface area contributed by atoms with Gasteiger partial charge in [0.25, 0.3) is 0 Å². The summed E-state index contributed by atoms with van der Waals surface area (Å²) < 4.78 is 7.51. The Bertz CT molecular complexity index is 331. The highest BCUT2D eigenvalue weighted by Crippen LogP contribution is 2.26. The zero-order valence-corrected chi connectivity index (χ0v) is 9.87. The molecule has 84 valence electrons. The van der Waals surface area contributed by atoms with E-state index in [0.29, 0.717) is 17.8 Å². The van der Waals surface area contributed by atoms with Gasteiger partial charge < -0.3 is 9.30 Å². The molecule has 1 aromatic rings. The zero-order valence-electron chi connectivity index (χ0n) is 9.11. The summed E-state index contributed by atoms with van der Waals surface area (Å²) in [5.41, 5.74) is 0. The summed E-state index contributed by atoms with van der Waals surface area (Å²) in [6.45, 7) is 5.83. The molecule has 1 aliphatic heterocycles. The van der Waals surface area contributed by atoms with Crippen LogP contribution in [0.2, 0.25) is 0 Å². The average molecular weight is 230 g/mol. The molecule has 4 nitrogen and oxygen atoms in total. The van der Waals surface area contributed by atoms with Gasteiger partial charge in [-0.1, -0.05) is 0 Å². The van der Waals surface area contributed by atoms with Crippen LogP contribution in [0, 0.1) is 0 Å². The van der Waals surface area contributed by atoms with Gasteiger partial charge in [-0.15, -0.1) is 21.8 Å². The van der Waals surface area contributed by atoms with Gasteiger partial charge in [0.1, 0.15) is 11.6 Å². The Kier molecular flexibility index (Phi) is 3.26. The van der Waals surface area contributed by atoms with Crippen molar-refractivity contribution in [2.45, 2.75) is 38.1 Å². The maximum Gasteiger partial charge on any atom is 0.148 e. The van der Waals surface area contributed by atoms with Gasteiger partial charge >= 0.3 is 0 Å². The molecule has 0 aliphatic carbocycles. The molecule has 2 rings (SSSR count). The fourth-order valence-electron chi connectivity index (χ4n) is 2.01. The molecule has 0 radical (unpaired) electrons. The smallest absolute Gasteiger partial charge is 0.148 e. The second-order valence-electron chi connectivity index (χ2n) is 4.13. The van der Waals surface area contributed by atoms with Crippen LogP contribution in [0.5, 0.6) is 0 Å². The highest BCUT2D eigenvalue weighted by Gasteiger charge is 2.25. The lowest BCUT2D eigenvalue weighted by atomic mass is 10.1. The minimum atomic E-state index is 0.351. The van der Waals surface area contributed by atoms with E-state index in [9.17, 15) is 0 Å². The summed E-state index contributed by atoms with van der Waals surface area (Å²) in [5.74, 6) is 2.68. The Balaban J connectivity index is 2.33. The third kappa shape index (κ3) is 2.01. The van der Waals surface area contributed by atoms with Crippen LogP contribution >= 0.6 is 11.6 Å². The van der Waals surface area contributed by atoms with Crippen molar-refractivity contribution < 1.29 is 4.74 Å². The molecular formula is C10H16ClN3O. The highest BCUT2D eigenvalue weighted by molar-refractivity contribution is 6.16. The van der Waals surface area contributed by atoms with Gasteiger partial charge in [-0.2, -0.15) is 0 Å². The molecule has 0 bridgehead atoms. The highest BCUT2D eigenvalue weighted by atomic mass is 35.5. The minimum absolute atomic E-state index is 0.351. The maximum absolute atomic E-state index is 5.84. The topological polar surface area (TPSA) is 39.9 Å². The van der Waals surface area contributed by atoms with E-state index < -0.39 is 0 Å². The molecular weight excluding hydrogens is 214 g/mol. The Morgan fingerprint density at radius 1 is 1.53 bits per heavy atom. The molecule has 0 amide bonds. The first-order chi connectivity index (χ1) is 7.24. The van der Waals surface area contributed by atoms with Crippen molar-refractivity contribution in [3.63, 3.8) is 0 Å². The van der Waals surface area contributed by atoms with Crippen LogP contribution in [0.3, 0.4) is 0 Å². The van der Waals surface area contributed by atoms with E-state index in [0.717, 1.165) is 31.3 Å². The predicted molar refractivity (Wildman–Crippen MR) is 58.1 cm³/mol. The molecule has 0 N–H and O–H groups in total. The summed E-state index contributed by atoms with van der Waals surface area (Å²) in [6.07, 6.45) is 1.03. The number of ether oxygens (including phenoxy) is 1. The lowest BCUT2D eigenvalue weighted by Gasteiger charge is -2.15. The van der Waals surface area contributed by atoms with Gasteiger partial charge in [0.05, 0.1) is 12.5 Å². The number of hydrogen-bond acceptors (Lipinski definition) is 3. The van der Waals surface area contributed by atoms with Crippen molar-refractivity contribution in [2.75, 3.05) is 13.2 Å². The van der Waals surface area contributed by atoms with Crippen molar-refractivity contribution >= 4 is 11.6 Å². The largest absolute Gasteiger partial charge is 0.381 e. The molecule has 0 aromatic carbocycles. The second-order valence-corrected chi connectivity index (χ2v) is 4.40. The Labute approximate surface area is 94.6 Å². The van der Waals surface area contributed by atoms with Gasteiger partial charge in [0.15, 0.2) is 0 Å². The number of nitrogens with zero attached hydrogens (tertiary/aromatic N) is 3. The minimum Gasteiger partial charge on any atom is -0.381 e. The lowest BCUT2D eigenvalue weighted by molar-refractivity contribution is 0.192. The molecule has 1 aliphatic rings. The quantitative estimate of drug-likeness (QED) is 0.746. The van der Waals surface area contributed by atoms with Crippen molar-refractivity contribution in [2.24, 2.45) is 0 Å². The van der Waals surface area contributed by atoms with Crippen LogP contribution in [0.15, 0.2) is 0 Å². The van der Waals surface area contributed by atoms with Crippen LogP contribution in [0.25, 0.3) is 0 Å². The average Bonchev–Trinajstić information content (AvgIpc) is 2.85. The van der Waals surface area contributed by atoms with E-state index in [1.165, 1.54) is 0 Å². The molecule has 1 unspecified atom stereocenters. The molecule has 0 saturated carbocycles. The van der Waals surface area contributed by atoms with Crippen LogP contribution in [0.4, 0.5) is 0 Å². The molecule has 0 spiro atoms. The normalized spacial score (nSPS) is 21.5. The van der Waals surface area contributed by atoms with E-state index >= 15 is 0 Å². The third-order valence-corrected chi connectivity index (χ3v) is 2.96. The number of rotatable bonds is 3. The summed E-state index contributed by atoms with van der Waals surface area (Å²) >= 11 is 5.84. The van der Waals surface area contributed by atoms with Gasteiger partial charge in [-0.05, 0) is 20.3 Å². The van der Waals surface area contributed by atoms with Crippen LogP contribution in [-0.4, -0.2) is 28.0 Å². The van der Waals surface area contributed by atoms with E-state index in [-0.39, 0.29) is 0 Å². The Morgan fingerprint density at radius 3 is 2.87 bits per heavy atom. The monoisotopic (exact) mass is 229 g/mol. The van der Waals surface area contributed by atoms with E-state index in [4.69, 9.17) is 16.3 Å². The summed E-state index contributed by atoms with van der Waals surface area (Å²) in [7, 11) is 0. The molecule has 1 atom stereocenters. The fraction of sp³-hybridized carbons (Fsp3) is 0.800. The zero-order chi connectivity index (χ0) is 10.8. The number of halogens is 1. The SMILES string of the molecule is CC(C)n1c(CCl)nnc1C1CCOC1. The molecule has 15 heavy (non-hydrogen) atoms. The molecule has 1 saturated heterocycles. The van der Waals surface area contributed by atoms with Crippen molar-refractivity contribution in [3.8, 4) is 0 Å². The molecule has 2 heterocycles. The van der Waals surface area contributed by atoms with E-state index in [1.807, 2.05) is 0 Å². The number of aromatic nitrogens is 3. The van der Waals surface area contributed by atoms with Crippen molar-refractivity contribution in [1.82, 2.24) is 14.8 Å². The van der Waals surface area contributed by atoms with Gasteiger partial charge in [0, 0.05) is 18.6 Å². The first-order valence-corrected chi connectivity index (χ1v) is 5.85. The predicted octanol–water partition coefficient (Wildman–Crippen LogP) is 2.10. The third-order valence-electron chi connectivity index (χ3n) is 2.72. The van der Waals surface area contributed by atoms with Gasteiger partial charge in [-0.3, -0.25) is 0 Å². The Morgan fingerprint density at radius 2 is 2.33 bits per heavy atom.